The molecule has 2 rings (SSSR count). The average Bonchev–Trinajstić information content (AvgIpc) is 2.40. The first-order valence-electron chi connectivity index (χ1n) is 5.58. The number of ether oxygens (including phenoxy) is 1. The first-order valence-corrected chi connectivity index (χ1v) is 8.68. The fourth-order valence-corrected chi connectivity index (χ4v) is 3.06. The molecule has 2 aromatic carbocycles. The number of hydrogen-bond acceptors (Lipinski definition) is 3. The summed E-state index contributed by atoms with van der Waals surface area (Å²) in [6, 6.07) is 7.55. The van der Waals surface area contributed by atoms with E-state index in [1.54, 1.807) is 0 Å². The second-order valence-corrected chi connectivity index (χ2v) is 7.45. The highest BCUT2D eigenvalue weighted by molar-refractivity contribution is 9.10. The van der Waals surface area contributed by atoms with E-state index in [1.807, 2.05) is 0 Å². The van der Waals surface area contributed by atoms with Crippen LogP contribution in [-0.2, 0) is 15.7 Å². The van der Waals surface area contributed by atoms with Crippen LogP contribution in [0.2, 0.25) is 0 Å². The van der Waals surface area contributed by atoms with E-state index in [-0.39, 0.29) is 22.6 Å². The summed E-state index contributed by atoms with van der Waals surface area (Å²) in [5.74, 6) is -1.27. The fourth-order valence-electron chi connectivity index (χ4n) is 1.55. The molecule has 112 valence electrons. The molecule has 0 saturated carbocycles. The van der Waals surface area contributed by atoms with Gasteiger partial charge < -0.3 is 4.74 Å². The molecule has 0 aliphatic heterocycles. The van der Waals surface area contributed by atoms with Crippen molar-refractivity contribution >= 4 is 35.7 Å². The van der Waals surface area contributed by atoms with Crippen LogP contribution in [0.1, 0.15) is 5.56 Å². The maximum Gasteiger partial charge on any atom is 0.264 e. The van der Waals surface area contributed by atoms with Gasteiger partial charge in [0, 0.05) is 16.7 Å². The molecule has 0 aliphatic carbocycles. The molecule has 0 aliphatic rings. The Labute approximate surface area is 133 Å². The molecule has 0 radical (unpaired) electrons. The number of rotatable bonds is 4. The van der Waals surface area contributed by atoms with E-state index in [1.165, 1.54) is 24.3 Å². The summed E-state index contributed by atoms with van der Waals surface area (Å²) in [5, 5.41) is 0. The Morgan fingerprint density at radius 2 is 1.76 bits per heavy atom. The summed E-state index contributed by atoms with van der Waals surface area (Å²) in [6.45, 7) is 0.0747. The van der Waals surface area contributed by atoms with Crippen molar-refractivity contribution in [3.63, 3.8) is 0 Å². The average molecular weight is 398 g/mol. The molecule has 0 N–H and O–H groups in total. The van der Waals surface area contributed by atoms with Crippen LogP contribution in [0, 0.1) is 11.6 Å². The van der Waals surface area contributed by atoms with Crippen LogP contribution in [0.25, 0.3) is 0 Å². The summed E-state index contributed by atoms with van der Waals surface area (Å²) in [7, 11) is 0.936. The van der Waals surface area contributed by atoms with Gasteiger partial charge in [0.25, 0.3) is 9.05 Å². The minimum absolute atomic E-state index is 0.0747. The SMILES string of the molecule is O=S(=O)(Cl)c1cc(Br)c(OCc2ccc(F)cc2)cc1F. The lowest BCUT2D eigenvalue weighted by atomic mass is 10.2. The first-order chi connectivity index (χ1) is 9.77. The molecule has 0 bridgehead atoms. The van der Waals surface area contributed by atoms with Gasteiger partial charge in [0.05, 0.1) is 4.47 Å². The predicted molar refractivity (Wildman–Crippen MR) is 77.9 cm³/mol. The van der Waals surface area contributed by atoms with Gasteiger partial charge in [-0.05, 0) is 39.7 Å². The van der Waals surface area contributed by atoms with Crippen LogP contribution in [-0.4, -0.2) is 8.42 Å². The highest BCUT2D eigenvalue weighted by atomic mass is 79.9. The molecule has 0 aromatic heterocycles. The maximum atomic E-state index is 13.7. The van der Waals surface area contributed by atoms with Crippen LogP contribution in [0.15, 0.2) is 45.8 Å². The van der Waals surface area contributed by atoms with E-state index in [2.05, 4.69) is 15.9 Å². The Morgan fingerprint density at radius 1 is 1.14 bits per heavy atom. The Morgan fingerprint density at radius 3 is 2.33 bits per heavy atom. The smallest absolute Gasteiger partial charge is 0.264 e. The Hall–Kier alpha value is -1.18. The second-order valence-electron chi connectivity index (χ2n) is 4.07. The van der Waals surface area contributed by atoms with Gasteiger partial charge in [-0.1, -0.05) is 12.1 Å². The molecule has 0 heterocycles. The van der Waals surface area contributed by atoms with Crippen molar-refractivity contribution in [1.29, 1.82) is 0 Å². The zero-order chi connectivity index (χ0) is 15.6. The molecule has 8 heteroatoms. The molecule has 0 fully saturated rings. The van der Waals surface area contributed by atoms with Gasteiger partial charge in [0.1, 0.15) is 28.9 Å². The highest BCUT2D eigenvalue weighted by Gasteiger charge is 2.19. The molecular weight excluding hydrogens is 390 g/mol. The van der Waals surface area contributed by atoms with E-state index in [0.29, 0.717) is 5.56 Å². The molecule has 21 heavy (non-hydrogen) atoms. The van der Waals surface area contributed by atoms with Crippen molar-refractivity contribution in [2.75, 3.05) is 0 Å². The number of benzene rings is 2. The van der Waals surface area contributed by atoms with Gasteiger partial charge in [-0.15, -0.1) is 0 Å². The Balaban J connectivity index is 2.21. The van der Waals surface area contributed by atoms with Crippen molar-refractivity contribution in [3.05, 3.63) is 58.1 Å². The van der Waals surface area contributed by atoms with Gasteiger partial charge in [-0.2, -0.15) is 0 Å². The maximum absolute atomic E-state index is 13.7. The van der Waals surface area contributed by atoms with Crippen LogP contribution in [0.4, 0.5) is 8.78 Å². The molecule has 0 atom stereocenters. The predicted octanol–water partition coefficient (Wildman–Crippen LogP) is 4.23. The van der Waals surface area contributed by atoms with E-state index in [4.69, 9.17) is 15.4 Å². The summed E-state index contributed by atoms with van der Waals surface area (Å²) < 4.78 is 54.4. The third-order valence-electron chi connectivity index (χ3n) is 2.56. The lowest BCUT2D eigenvalue weighted by Crippen LogP contribution is -2.00. The monoisotopic (exact) mass is 396 g/mol. The minimum Gasteiger partial charge on any atom is -0.488 e. The van der Waals surface area contributed by atoms with Gasteiger partial charge >= 0.3 is 0 Å². The third kappa shape index (κ3) is 4.15. The quantitative estimate of drug-likeness (QED) is 0.725. The lowest BCUT2D eigenvalue weighted by Gasteiger charge is -2.10. The zero-order valence-corrected chi connectivity index (χ0v) is 13.5. The summed E-state index contributed by atoms with van der Waals surface area (Å²) in [6.07, 6.45) is 0. The molecule has 0 unspecified atom stereocenters. The lowest BCUT2D eigenvalue weighted by molar-refractivity contribution is 0.302. The van der Waals surface area contributed by atoms with Crippen molar-refractivity contribution in [1.82, 2.24) is 0 Å². The summed E-state index contributed by atoms with van der Waals surface area (Å²) in [5.41, 5.74) is 0.678. The minimum atomic E-state index is -4.17. The molecule has 2 aromatic rings. The zero-order valence-electron chi connectivity index (χ0n) is 10.3. The van der Waals surface area contributed by atoms with Crippen LogP contribution in [0.5, 0.6) is 5.75 Å². The summed E-state index contributed by atoms with van der Waals surface area (Å²) in [4.78, 5) is -0.634. The highest BCUT2D eigenvalue weighted by Crippen LogP contribution is 2.32. The molecule has 0 spiro atoms. The Kier molecular flexibility index (Phi) is 4.85. The van der Waals surface area contributed by atoms with E-state index in [0.717, 1.165) is 12.1 Å². The van der Waals surface area contributed by atoms with Crippen molar-refractivity contribution < 1.29 is 21.9 Å². The van der Waals surface area contributed by atoms with Gasteiger partial charge in [-0.25, -0.2) is 17.2 Å². The molecule has 0 saturated heterocycles. The van der Waals surface area contributed by atoms with Crippen molar-refractivity contribution in [3.8, 4) is 5.75 Å². The van der Waals surface area contributed by atoms with E-state index in [9.17, 15) is 17.2 Å². The van der Waals surface area contributed by atoms with Crippen molar-refractivity contribution in [2.45, 2.75) is 11.5 Å². The van der Waals surface area contributed by atoms with Crippen LogP contribution >= 0.6 is 26.6 Å². The fraction of sp³-hybridized carbons (Fsp3) is 0.0769. The normalized spacial score (nSPS) is 11.4. The molecule has 3 nitrogen and oxygen atoms in total. The Bertz CT molecular complexity index is 764. The van der Waals surface area contributed by atoms with Gasteiger partial charge in [0.2, 0.25) is 0 Å². The summed E-state index contributed by atoms with van der Waals surface area (Å²) >= 11 is 3.08. The largest absolute Gasteiger partial charge is 0.488 e. The van der Waals surface area contributed by atoms with E-state index < -0.39 is 19.8 Å². The molecular formula is C13H8BrClF2O3S. The standard InChI is InChI=1S/C13H8BrClF2O3S/c14-10-5-13(21(15,18)19)11(17)6-12(10)20-7-8-1-3-9(16)4-2-8/h1-6H,7H2. The number of halogens is 4. The number of hydrogen-bond donors (Lipinski definition) is 0. The topological polar surface area (TPSA) is 43.4 Å². The third-order valence-corrected chi connectivity index (χ3v) is 4.51. The second kappa shape index (κ2) is 6.29. The first kappa shape index (κ1) is 16.2. The van der Waals surface area contributed by atoms with Crippen molar-refractivity contribution in [2.24, 2.45) is 0 Å². The van der Waals surface area contributed by atoms with Crippen LogP contribution in [0.3, 0.4) is 0 Å². The van der Waals surface area contributed by atoms with Crippen LogP contribution < -0.4 is 4.74 Å². The molecule has 0 amide bonds. The van der Waals surface area contributed by atoms with Gasteiger partial charge in [0.15, 0.2) is 0 Å². The van der Waals surface area contributed by atoms with E-state index >= 15 is 0 Å². The van der Waals surface area contributed by atoms with Gasteiger partial charge in [-0.3, -0.25) is 0 Å².